The average Bonchev–Trinajstić information content (AvgIpc) is 2.38. The lowest BCUT2D eigenvalue weighted by atomic mass is 10.2. The van der Waals surface area contributed by atoms with Gasteiger partial charge in [-0.05, 0) is 52.2 Å². The van der Waals surface area contributed by atoms with Crippen LogP contribution < -0.4 is 10.6 Å². The minimum Gasteiger partial charge on any atom is -0.478 e. The largest absolute Gasteiger partial charge is 0.478 e. The van der Waals surface area contributed by atoms with Gasteiger partial charge in [0.25, 0.3) is 0 Å². The quantitative estimate of drug-likeness (QED) is 0.753. The Bertz CT molecular complexity index is 520. The summed E-state index contributed by atoms with van der Waals surface area (Å²) in [5.74, 6) is -1.14. The zero-order valence-corrected chi connectivity index (χ0v) is 13.1. The predicted octanol–water partition coefficient (Wildman–Crippen LogP) is 2.50. The Morgan fingerprint density at radius 1 is 1.38 bits per heavy atom. The molecule has 6 nitrogen and oxygen atoms in total. The van der Waals surface area contributed by atoms with Gasteiger partial charge in [-0.25, -0.2) is 9.59 Å². The number of benzene rings is 1. The van der Waals surface area contributed by atoms with Crippen LogP contribution in [0.3, 0.4) is 0 Å². The number of carboxylic acid groups (broad SMARTS) is 1. The number of rotatable bonds is 6. The Labute approximate surface area is 129 Å². The van der Waals surface area contributed by atoms with Crippen molar-refractivity contribution in [3.05, 3.63) is 28.8 Å². The standard InChI is InChI=1S/C14H20ClN3O3/c1-9(6-7-18(2)3)16-14(21)17-12-5-4-10(15)8-11(12)13(19)20/h4-5,8-9H,6-7H2,1-3H3,(H,19,20)(H2,16,17,21). The molecule has 0 aliphatic heterocycles. The Balaban J connectivity index is 2.65. The SMILES string of the molecule is CC(CCN(C)C)NC(=O)Nc1ccc(Cl)cc1C(=O)O. The molecule has 0 aliphatic rings. The molecule has 1 atom stereocenters. The van der Waals surface area contributed by atoms with Crippen molar-refractivity contribution in [3.63, 3.8) is 0 Å². The van der Waals surface area contributed by atoms with E-state index in [2.05, 4.69) is 10.6 Å². The first-order valence-corrected chi connectivity index (χ1v) is 6.92. The first-order valence-electron chi connectivity index (χ1n) is 6.54. The fourth-order valence-corrected chi connectivity index (χ4v) is 1.88. The van der Waals surface area contributed by atoms with Gasteiger partial charge in [0.2, 0.25) is 0 Å². The second kappa shape index (κ2) is 7.85. The van der Waals surface area contributed by atoms with Gasteiger partial charge in [0.05, 0.1) is 11.3 Å². The van der Waals surface area contributed by atoms with Gasteiger partial charge in [-0.15, -0.1) is 0 Å². The number of carbonyl (C=O) groups is 2. The molecule has 0 spiro atoms. The summed E-state index contributed by atoms with van der Waals surface area (Å²) in [4.78, 5) is 25.0. The molecule has 21 heavy (non-hydrogen) atoms. The van der Waals surface area contributed by atoms with Gasteiger partial charge >= 0.3 is 12.0 Å². The lowest BCUT2D eigenvalue weighted by Crippen LogP contribution is -2.38. The Morgan fingerprint density at radius 3 is 2.62 bits per heavy atom. The summed E-state index contributed by atoms with van der Waals surface area (Å²) >= 11 is 5.76. The number of urea groups is 1. The van der Waals surface area contributed by atoms with Crippen LogP contribution in [0.1, 0.15) is 23.7 Å². The van der Waals surface area contributed by atoms with E-state index in [0.29, 0.717) is 5.02 Å². The lowest BCUT2D eigenvalue weighted by molar-refractivity contribution is 0.0698. The van der Waals surface area contributed by atoms with Crippen molar-refractivity contribution < 1.29 is 14.7 Å². The first-order chi connectivity index (χ1) is 9.79. The van der Waals surface area contributed by atoms with Gasteiger partial charge < -0.3 is 20.6 Å². The molecular formula is C14H20ClN3O3. The van der Waals surface area contributed by atoms with Crippen LogP contribution in [-0.4, -0.2) is 48.7 Å². The van der Waals surface area contributed by atoms with Crippen LogP contribution in [0.15, 0.2) is 18.2 Å². The molecule has 0 saturated heterocycles. The molecule has 0 radical (unpaired) electrons. The molecule has 1 rings (SSSR count). The molecule has 1 unspecified atom stereocenters. The van der Waals surface area contributed by atoms with E-state index in [1.165, 1.54) is 18.2 Å². The van der Waals surface area contributed by atoms with Crippen molar-refractivity contribution in [3.8, 4) is 0 Å². The van der Waals surface area contributed by atoms with Crippen molar-refractivity contribution >= 4 is 29.3 Å². The summed E-state index contributed by atoms with van der Waals surface area (Å²) in [6, 6.07) is 3.84. The highest BCUT2D eigenvalue weighted by molar-refractivity contribution is 6.31. The van der Waals surface area contributed by atoms with E-state index in [9.17, 15) is 9.59 Å². The van der Waals surface area contributed by atoms with Crippen LogP contribution in [0.5, 0.6) is 0 Å². The van der Waals surface area contributed by atoms with Crippen LogP contribution in [0.25, 0.3) is 0 Å². The lowest BCUT2D eigenvalue weighted by Gasteiger charge is -2.17. The highest BCUT2D eigenvalue weighted by Crippen LogP contribution is 2.20. The highest BCUT2D eigenvalue weighted by Gasteiger charge is 2.14. The predicted molar refractivity (Wildman–Crippen MR) is 83.2 cm³/mol. The number of carbonyl (C=O) groups excluding carboxylic acids is 1. The van der Waals surface area contributed by atoms with Gasteiger partial charge in [-0.2, -0.15) is 0 Å². The van der Waals surface area contributed by atoms with E-state index in [1.807, 2.05) is 25.9 Å². The minimum atomic E-state index is -1.14. The summed E-state index contributed by atoms with van der Waals surface area (Å²) in [6.07, 6.45) is 0.798. The van der Waals surface area contributed by atoms with E-state index in [4.69, 9.17) is 16.7 Å². The van der Waals surface area contributed by atoms with Crippen molar-refractivity contribution in [2.45, 2.75) is 19.4 Å². The van der Waals surface area contributed by atoms with Gasteiger partial charge in [-0.1, -0.05) is 11.6 Å². The Kier molecular flexibility index (Phi) is 6.45. The monoisotopic (exact) mass is 313 g/mol. The van der Waals surface area contributed by atoms with E-state index in [0.717, 1.165) is 13.0 Å². The van der Waals surface area contributed by atoms with E-state index in [-0.39, 0.29) is 17.3 Å². The fourth-order valence-electron chi connectivity index (χ4n) is 1.71. The van der Waals surface area contributed by atoms with Crippen LogP contribution in [0, 0.1) is 0 Å². The number of halogens is 1. The number of hydrogen-bond acceptors (Lipinski definition) is 3. The van der Waals surface area contributed by atoms with Crippen molar-refractivity contribution in [2.75, 3.05) is 26.0 Å². The number of nitrogens with one attached hydrogen (secondary N) is 2. The molecule has 0 saturated carbocycles. The molecule has 0 aliphatic carbocycles. The zero-order chi connectivity index (χ0) is 16.0. The van der Waals surface area contributed by atoms with Crippen LogP contribution in [0.4, 0.5) is 10.5 Å². The maximum atomic E-state index is 11.9. The molecule has 0 heterocycles. The van der Waals surface area contributed by atoms with Crippen molar-refractivity contribution in [1.82, 2.24) is 10.2 Å². The molecule has 3 N–H and O–H groups in total. The van der Waals surface area contributed by atoms with Gasteiger partial charge in [-0.3, -0.25) is 0 Å². The van der Waals surface area contributed by atoms with Crippen LogP contribution >= 0.6 is 11.6 Å². The van der Waals surface area contributed by atoms with E-state index in [1.54, 1.807) is 0 Å². The minimum absolute atomic E-state index is 0.0204. The molecule has 116 valence electrons. The molecule has 2 amide bonds. The second-order valence-electron chi connectivity index (χ2n) is 5.09. The van der Waals surface area contributed by atoms with Gasteiger partial charge in [0.1, 0.15) is 0 Å². The summed E-state index contributed by atoms with van der Waals surface area (Å²) in [5, 5.41) is 14.7. The van der Waals surface area contributed by atoms with Crippen molar-refractivity contribution in [2.24, 2.45) is 0 Å². The topological polar surface area (TPSA) is 81.7 Å². The van der Waals surface area contributed by atoms with Crippen LogP contribution in [-0.2, 0) is 0 Å². The molecule has 7 heteroatoms. The van der Waals surface area contributed by atoms with Crippen molar-refractivity contribution in [1.29, 1.82) is 0 Å². The number of hydrogen-bond donors (Lipinski definition) is 3. The Morgan fingerprint density at radius 2 is 2.05 bits per heavy atom. The molecule has 0 fully saturated rings. The van der Waals surface area contributed by atoms with E-state index >= 15 is 0 Å². The first kappa shape index (κ1) is 17.3. The zero-order valence-electron chi connectivity index (χ0n) is 12.3. The number of anilines is 1. The van der Waals surface area contributed by atoms with Crippen LogP contribution in [0.2, 0.25) is 5.02 Å². The fraction of sp³-hybridized carbons (Fsp3) is 0.429. The maximum Gasteiger partial charge on any atom is 0.337 e. The number of amides is 2. The highest BCUT2D eigenvalue weighted by atomic mass is 35.5. The summed E-state index contributed by atoms with van der Waals surface area (Å²) in [5.41, 5.74) is 0.169. The molecule has 1 aromatic carbocycles. The Hall–Kier alpha value is -1.79. The number of carboxylic acids is 1. The maximum absolute atomic E-state index is 11.9. The third-order valence-electron chi connectivity index (χ3n) is 2.85. The molecule has 1 aromatic rings. The normalized spacial score (nSPS) is 12.0. The molecule has 0 bridgehead atoms. The smallest absolute Gasteiger partial charge is 0.337 e. The second-order valence-corrected chi connectivity index (χ2v) is 5.52. The summed E-state index contributed by atoms with van der Waals surface area (Å²) < 4.78 is 0. The molecule has 0 aromatic heterocycles. The number of aromatic carboxylic acids is 1. The van der Waals surface area contributed by atoms with Gasteiger partial charge in [0.15, 0.2) is 0 Å². The number of nitrogens with zero attached hydrogens (tertiary/aromatic N) is 1. The average molecular weight is 314 g/mol. The third-order valence-corrected chi connectivity index (χ3v) is 3.08. The summed E-state index contributed by atoms with van der Waals surface area (Å²) in [7, 11) is 3.92. The molecular weight excluding hydrogens is 294 g/mol. The van der Waals surface area contributed by atoms with E-state index < -0.39 is 12.0 Å². The summed E-state index contributed by atoms with van der Waals surface area (Å²) in [6.45, 7) is 2.74. The third kappa shape index (κ3) is 6.01. The van der Waals surface area contributed by atoms with Gasteiger partial charge in [0, 0.05) is 11.1 Å².